The number of ether oxygens (including phenoxy) is 2. The summed E-state index contributed by atoms with van der Waals surface area (Å²) in [6.07, 6.45) is 2.32. The smallest absolute Gasteiger partial charge is 0.412 e. The molecule has 0 fully saturated rings. The fraction of sp³-hybridized carbons (Fsp3) is 0.238. The van der Waals surface area contributed by atoms with Crippen LogP contribution in [0, 0.1) is 0 Å². The summed E-state index contributed by atoms with van der Waals surface area (Å²) in [5.74, 6) is -0.572. The Bertz CT molecular complexity index is 726. The van der Waals surface area contributed by atoms with Crippen molar-refractivity contribution in [3.63, 3.8) is 0 Å². The van der Waals surface area contributed by atoms with E-state index in [-0.39, 0.29) is 18.9 Å². The number of aryl methyl sites for hydroxylation is 1. The summed E-state index contributed by atoms with van der Waals surface area (Å²) in [4.78, 5) is 24.0. The van der Waals surface area contributed by atoms with Gasteiger partial charge < -0.3 is 9.47 Å². The van der Waals surface area contributed by atoms with Crippen LogP contribution in [0.2, 0.25) is 0 Å². The Balaban J connectivity index is 1.91. The van der Waals surface area contributed by atoms with Crippen molar-refractivity contribution >= 4 is 12.1 Å². The molecule has 2 aromatic rings. The third-order valence-corrected chi connectivity index (χ3v) is 3.57. The zero-order valence-corrected chi connectivity index (χ0v) is 14.8. The molecule has 0 aliphatic heterocycles. The first-order valence-electron chi connectivity index (χ1n) is 8.58. The lowest BCUT2D eigenvalue weighted by Gasteiger charge is -2.10. The highest BCUT2D eigenvalue weighted by Crippen LogP contribution is 2.06. The topological polar surface area (TPSA) is 64.6 Å². The molecule has 5 heteroatoms. The van der Waals surface area contributed by atoms with E-state index in [4.69, 9.17) is 9.47 Å². The second-order valence-corrected chi connectivity index (χ2v) is 5.55. The zero-order valence-electron chi connectivity index (χ0n) is 14.8. The molecule has 1 N–H and O–H groups in total. The molecule has 0 spiro atoms. The van der Waals surface area contributed by atoms with Gasteiger partial charge in [-0.25, -0.2) is 9.59 Å². The van der Waals surface area contributed by atoms with E-state index in [0.29, 0.717) is 6.42 Å². The molecule has 0 saturated heterocycles. The van der Waals surface area contributed by atoms with Gasteiger partial charge in [0.1, 0.15) is 12.3 Å². The summed E-state index contributed by atoms with van der Waals surface area (Å²) in [6.45, 7) is 2.08. The van der Waals surface area contributed by atoms with Gasteiger partial charge in [-0.2, -0.15) is 0 Å². The highest BCUT2D eigenvalue weighted by atomic mass is 16.6. The third-order valence-electron chi connectivity index (χ3n) is 3.57. The molecule has 0 heterocycles. The maximum atomic E-state index is 12.0. The van der Waals surface area contributed by atoms with E-state index in [1.807, 2.05) is 60.7 Å². The summed E-state index contributed by atoms with van der Waals surface area (Å²) in [5.41, 5.74) is 2.12. The fourth-order valence-electron chi connectivity index (χ4n) is 2.29. The van der Waals surface area contributed by atoms with Crippen molar-refractivity contribution in [3.8, 4) is 0 Å². The van der Waals surface area contributed by atoms with E-state index in [1.54, 1.807) is 13.0 Å². The first-order chi connectivity index (χ1) is 12.7. The van der Waals surface area contributed by atoms with E-state index in [0.717, 1.165) is 17.5 Å². The van der Waals surface area contributed by atoms with Gasteiger partial charge in [0.15, 0.2) is 0 Å². The standard InChI is InChI=1S/C21H23NO4/c1-2-25-20(23)19(15-9-14-17-10-5-3-6-11-17)22-21(24)26-16-18-12-7-4-8-13-18/h3-8,10-13,15H,2,9,14,16H2,1H3,(H,22,24)/b19-15-. The highest BCUT2D eigenvalue weighted by molar-refractivity contribution is 5.92. The van der Waals surface area contributed by atoms with E-state index >= 15 is 0 Å². The van der Waals surface area contributed by atoms with E-state index in [1.165, 1.54) is 0 Å². The van der Waals surface area contributed by atoms with E-state index in [9.17, 15) is 9.59 Å². The van der Waals surface area contributed by atoms with Crippen LogP contribution < -0.4 is 5.32 Å². The molecule has 5 nitrogen and oxygen atoms in total. The molecule has 0 radical (unpaired) electrons. The second kappa shape index (κ2) is 10.7. The van der Waals surface area contributed by atoms with E-state index in [2.05, 4.69) is 5.32 Å². The van der Waals surface area contributed by atoms with Gasteiger partial charge in [0.25, 0.3) is 0 Å². The fourth-order valence-corrected chi connectivity index (χ4v) is 2.29. The molecular formula is C21H23NO4. The number of esters is 1. The number of rotatable bonds is 8. The van der Waals surface area contributed by atoms with Crippen molar-refractivity contribution in [2.45, 2.75) is 26.4 Å². The molecule has 0 aliphatic carbocycles. The van der Waals surface area contributed by atoms with Crippen molar-refractivity contribution in [2.24, 2.45) is 0 Å². The number of carbonyl (C=O) groups excluding carboxylic acids is 2. The Morgan fingerprint density at radius 2 is 1.54 bits per heavy atom. The number of carbonyl (C=O) groups is 2. The number of nitrogens with one attached hydrogen (secondary N) is 1. The largest absolute Gasteiger partial charge is 0.461 e. The normalized spacial score (nSPS) is 10.9. The first kappa shape index (κ1) is 19.2. The molecule has 2 aromatic carbocycles. The minimum Gasteiger partial charge on any atom is -0.461 e. The summed E-state index contributed by atoms with van der Waals surface area (Å²) in [6, 6.07) is 19.2. The minimum atomic E-state index is -0.687. The van der Waals surface area contributed by atoms with Crippen LogP contribution in [0.5, 0.6) is 0 Å². The molecule has 0 saturated carbocycles. The quantitative estimate of drug-likeness (QED) is 0.576. The molecule has 0 aromatic heterocycles. The lowest BCUT2D eigenvalue weighted by atomic mass is 10.1. The number of allylic oxidation sites excluding steroid dienone is 1. The SMILES string of the molecule is CCOC(=O)/C(=C/CCc1ccccc1)NC(=O)OCc1ccccc1. The average Bonchev–Trinajstić information content (AvgIpc) is 2.67. The Morgan fingerprint density at radius 1 is 0.923 bits per heavy atom. The van der Waals surface area contributed by atoms with Crippen LogP contribution in [0.15, 0.2) is 72.4 Å². The number of amides is 1. The van der Waals surface area contributed by atoms with E-state index < -0.39 is 12.1 Å². The van der Waals surface area contributed by atoms with Gasteiger partial charge >= 0.3 is 12.1 Å². The van der Waals surface area contributed by atoms with Crippen LogP contribution in [0.1, 0.15) is 24.5 Å². The van der Waals surface area contributed by atoms with Gasteiger partial charge in [-0.05, 0) is 30.9 Å². The molecule has 0 aliphatic rings. The molecule has 136 valence electrons. The molecule has 2 rings (SSSR count). The maximum Gasteiger partial charge on any atom is 0.412 e. The molecule has 0 bridgehead atoms. The van der Waals surface area contributed by atoms with Gasteiger partial charge in [0, 0.05) is 0 Å². The van der Waals surface area contributed by atoms with Crippen LogP contribution in [0.25, 0.3) is 0 Å². The molecule has 26 heavy (non-hydrogen) atoms. The number of benzene rings is 2. The second-order valence-electron chi connectivity index (χ2n) is 5.55. The number of hydrogen-bond donors (Lipinski definition) is 1. The highest BCUT2D eigenvalue weighted by Gasteiger charge is 2.14. The predicted molar refractivity (Wildman–Crippen MR) is 99.2 cm³/mol. The molecule has 0 atom stereocenters. The maximum absolute atomic E-state index is 12.0. The van der Waals surface area contributed by atoms with Gasteiger partial charge in [-0.1, -0.05) is 66.7 Å². The summed E-state index contributed by atoms with van der Waals surface area (Å²) >= 11 is 0. The van der Waals surface area contributed by atoms with Crippen molar-refractivity contribution in [3.05, 3.63) is 83.6 Å². The average molecular weight is 353 g/mol. The van der Waals surface area contributed by atoms with Crippen LogP contribution in [0.3, 0.4) is 0 Å². The van der Waals surface area contributed by atoms with Crippen molar-refractivity contribution < 1.29 is 19.1 Å². The summed E-state index contributed by atoms with van der Waals surface area (Å²) in [7, 11) is 0. The molecular weight excluding hydrogens is 330 g/mol. The molecule has 1 amide bonds. The lowest BCUT2D eigenvalue weighted by Crippen LogP contribution is -2.29. The Kier molecular flexibility index (Phi) is 7.93. The van der Waals surface area contributed by atoms with Crippen LogP contribution in [-0.2, 0) is 27.3 Å². The summed E-state index contributed by atoms with van der Waals surface area (Å²) < 4.78 is 10.1. The third kappa shape index (κ3) is 6.81. The Labute approximate surface area is 153 Å². The van der Waals surface area contributed by atoms with Gasteiger partial charge in [-0.15, -0.1) is 0 Å². The summed E-state index contributed by atoms with van der Waals surface area (Å²) in [5, 5.41) is 2.48. The number of hydrogen-bond acceptors (Lipinski definition) is 4. The van der Waals surface area contributed by atoms with Crippen molar-refractivity contribution in [1.29, 1.82) is 0 Å². The Hall–Kier alpha value is -3.08. The predicted octanol–water partition coefficient (Wildman–Crippen LogP) is 3.99. The minimum absolute atomic E-state index is 0.0980. The van der Waals surface area contributed by atoms with Crippen LogP contribution >= 0.6 is 0 Å². The molecule has 0 unspecified atom stereocenters. The van der Waals surface area contributed by atoms with Crippen LogP contribution in [-0.4, -0.2) is 18.7 Å². The van der Waals surface area contributed by atoms with Crippen LogP contribution in [0.4, 0.5) is 4.79 Å². The lowest BCUT2D eigenvalue weighted by molar-refractivity contribution is -0.138. The Morgan fingerprint density at radius 3 is 2.15 bits per heavy atom. The van der Waals surface area contributed by atoms with Crippen molar-refractivity contribution in [2.75, 3.05) is 6.61 Å². The first-order valence-corrected chi connectivity index (χ1v) is 8.58. The zero-order chi connectivity index (χ0) is 18.6. The monoisotopic (exact) mass is 353 g/mol. The van der Waals surface area contributed by atoms with Gasteiger partial charge in [0.05, 0.1) is 6.61 Å². The van der Waals surface area contributed by atoms with Crippen molar-refractivity contribution in [1.82, 2.24) is 5.32 Å². The van der Waals surface area contributed by atoms with Gasteiger partial charge in [0.2, 0.25) is 0 Å². The van der Waals surface area contributed by atoms with Gasteiger partial charge in [-0.3, -0.25) is 5.32 Å². The number of alkyl carbamates (subject to hydrolysis) is 1.